The number of benzene rings is 2. The Morgan fingerprint density at radius 3 is 1.46 bits per heavy atom. The summed E-state index contributed by atoms with van der Waals surface area (Å²) in [6.45, 7) is 0. The summed E-state index contributed by atoms with van der Waals surface area (Å²) in [6, 6.07) is 8.60. The van der Waals surface area contributed by atoms with Crippen molar-refractivity contribution in [3.63, 3.8) is 0 Å². The fourth-order valence-corrected chi connectivity index (χ4v) is 1.93. The first-order chi connectivity index (χ1) is 11.5. The van der Waals surface area contributed by atoms with Crippen molar-refractivity contribution in [1.29, 1.82) is 0 Å². The van der Waals surface area contributed by atoms with Crippen molar-refractivity contribution >= 4 is 23.3 Å². The van der Waals surface area contributed by atoms with E-state index in [1.54, 1.807) is 12.1 Å². The van der Waals surface area contributed by atoms with E-state index in [-0.39, 0.29) is 22.6 Å². The molecule has 0 heterocycles. The number of hydrogen-bond donors (Lipinski definition) is 4. The zero-order valence-corrected chi connectivity index (χ0v) is 13.0. The molecule has 0 aromatic heterocycles. The van der Waals surface area contributed by atoms with Crippen LogP contribution in [0.5, 0.6) is 11.5 Å². The van der Waals surface area contributed by atoms with E-state index in [1.165, 1.54) is 38.5 Å². The second-order valence-corrected chi connectivity index (χ2v) is 4.70. The third-order valence-corrected chi connectivity index (χ3v) is 3.16. The molecule has 0 aliphatic carbocycles. The lowest BCUT2D eigenvalue weighted by Crippen LogP contribution is -2.10. The molecule has 0 bridgehead atoms. The minimum atomic E-state index is -0.643. The number of carbonyl (C=O) groups excluding carboxylic acids is 2. The molecule has 8 heteroatoms. The van der Waals surface area contributed by atoms with Crippen LogP contribution in [0.3, 0.4) is 0 Å². The Morgan fingerprint density at radius 1 is 0.792 bits per heavy atom. The lowest BCUT2D eigenvalue weighted by molar-refractivity contribution is 0.0588. The molecule has 0 aliphatic heterocycles. The molecule has 24 heavy (non-hydrogen) atoms. The summed E-state index contributed by atoms with van der Waals surface area (Å²) in [5.74, 6) is -1.76. The minimum Gasteiger partial charge on any atom is -0.507 e. The van der Waals surface area contributed by atoms with E-state index >= 15 is 0 Å². The summed E-state index contributed by atoms with van der Waals surface area (Å²) in [7, 11) is 2.44. The van der Waals surface area contributed by atoms with Crippen molar-refractivity contribution in [3.8, 4) is 11.5 Å². The number of rotatable bonds is 5. The van der Waals surface area contributed by atoms with Crippen LogP contribution >= 0.6 is 0 Å². The van der Waals surface area contributed by atoms with Gasteiger partial charge in [0.1, 0.15) is 22.6 Å². The van der Waals surface area contributed by atoms with Gasteiger partial charge in [-0.25, -0.2) is 9.59 Å². The van der Waals surface area contributed by atoms with Crippen LogP contribution in [-0.4, -0.2) is 36.4 Å². The number of esters is 2. The first-order valence-electron chi connectivity index (χ1n) is 6.81. The monoisotopic (exact) mass is 332 g/mol. The van der Waals surface area contributed by atoms with Crippen LogP contribution in [0.25, 0.3) is 0 Å². The Kier molecular flexibility index (Phi) is 5.10. The molecule has 0 unspecified atom stereocenters. The van der Waals surface area contributed by atoms with E-state index < -0.39 is 11.9 Å². The molecule has 0 aliphatic rings. The molecule has 2 aromatic rings. The number of phenols is 2. The standard InChI is InChI=1S/C16H16N2O6/c1-23-15(21)11-5-3-9(7-13(11)19)17-18-10-4-6-12(14(20)8-10)16(22)24-2/h3-8,17-20H,1-2H3. The summed E-state index contributed by atoms with van der Waals surface area (Å²) in [4.78, 5) is 22.8. The van der Waals surface area contributed by atoms with Crippen molar-refractivity contribution in [2.75, 3.05) is 25.1 Å². The number of ether oxygens (including phenoxy) is 2. The van der Waals surface area contributed by atoms with Crippen LogP contribution in [-0.2, 0) is 9.47 Å². The Morgan fingerprint density at radius 2 is 1.17 bits per heavy atom. The number of hydrogen-bond acceptors (Lipinski definition) is 8. The van der Waals surface area contributed by atoms with Crippen molar-refractivity contribution in [2.24, 2.45) is 0 Å². The summed E-state index contributed by atoms with van der Waals surface area (Å²) in [5.41, 5.74) is 6.60. The fourth-order valence-electron chi connectivity index (χ4n) is 1.93. The highest BCUT2D eigenvalue weighted by Gasteiger charge is 2.13. The van der Waals surface area contributed by atoms with Crippen LogP contribution in [0.2, 0.25) is 0 Å². The maximum Gasteiger partial charge on any atom is 0.341 e. The molecule has 0 radical (unpaired) electrons. The maximum absolute atomic E-state index is 11.4. The van der Waals surface area contributed by atoms with Gasteiger partial charge < -0.3 is 30.5 Å². The van der Waals surface area contributed by atoms with Gasteiger partial charge >= 0.3 is 11.9 Å². The van der Waals surface area contributed by atoms with Crippen molar-refractivity contribution < 1.29 is 29.3 Å². The number of carbonyl (C=O) groups is 2. The third kappa shape index (κ3) is 3.67. The first kappa shape index (κ1) is 16.9. The maximum atomic E-state index is 11.4. The van der Waals surface area contributed by atoms with Crippen molar-refractivity contribution in [2.45, 2.75) is 0 Å². The number of methoxy groups -OCH3 is 2. The topological polar surface area (TPSA) is 117 Å². The largest absolute Gasteiger partial charge is 0.507 e. The molecule has 0 amide bonds. The second kappa shape index (κ2) is 7.23. The molecule has 126 valence electrons. The fraction of sp³-hybridized carbons (Fsp3) is 0.125. The Bertz CT molecular complexity index is 710. The molecule has 8 nitrogen and oxygen atoms in total. The smallest absolute Gasteiger partial charge is 0.341 e. The number of phenolic OH excluding ortho intramolecular Hbond substituents is 2. The highest BCUT2D eigenvalue weighted by Crippen LogP contribution is 2.25. The van der Waals surface area contributed by atoms with Gasteiger partial charge in [-0.15, -0.1) is 0 Å². The van der Waals surface area contributed by atoms with Gasteiger partial charge in [0.15, 0.2) is 0 Å². The molecule has 4 N–H and O–H groups in total. The van der Waals surface area contributed by atoms with Crippen LogP contribution in [0.15, 0.2) is 36.4 Å². The lowest BCUT2D eigenvalue weighted by atomic mass is 10.2. The number of aromatic hydroxyl groups is 2. The number of hydrazine groups is 1. The van der Waals surface area contributed by atoms with Gasteiger partial charge in [0.2, 0.25) is 0 Å². The van der Waals surface area contributed by atoms with Gasteiger partial charge in [-0.3, -0.25) is 0 Å². The lowest BCUT2D eigenvalue weighted by Gasteiger charge is -2.12. The van der Waals surface area contributed by atoms with E-state index in [0.717, 1.165) is 0 Å². The van der Waals surface area contributed by atoms with Crippen LogP contribution in [0.1, 0.15) is 20.7 Å². The van der Waals surface area contributed by atoms with Crippen LogP contribution < -0.4 is 10.9 Å². The highest BCUT2D eigenvalue weighted by atomic mass is 16.5. The molecule has 0 atom stereocenters. The van der Waals surface area contributed by atoms with E-state index in [1.807, 2.05) is 0 Å². The van der Waals surface area contributed by atoms with Crippen molar-refractivity contribution in [1.82, 2.24) is 0 Å². The molecule has 2 rings (SSSR count). The zero-order chi connectivity index (χ0) is 17.7. The molecule has 0 saturated carbocycles. The number of nitrogens with one attached hydrogen (secondary N) is 2. The van der Waals surface area contributed by atoms with Crippen LogP contribution in [0.4, 0.5) is 11.4 Å². The molecule has 0 spiro atoms. The van der Waals surface area contributed by atoms with Crippen molar-refractivity contribution in [3.05, 3.63) is 47.5 Å². The Labute approximate surface area is 137 Å². The highest BCUT2D eigenvalue weighted by molar-refractivity contribution is 5.93. The predicted molar refractivity (Wildman–Crippen MR) is 86.1 cm³/mol. The molecule has 2 aromatic carbocycles. The predicted octanol–water partition coefficient (Wildman–Crippen LogP) is 2.11. The van der Waals surface area contributed by atoms with Crippen LogP contribution in [0, 0.1) is 0 Å². The van der Waals surface area contributed by atoms with Gasteiger partial charge in [0.25, 0.3) is 0 Å². The molecule has 0 saturated heterocycles. The minimum absolute atomic E-state index is 0.0446. The molecular weight excluding hydrogens is 316 g/mol. The second-order valence-electron chi connectivity index (χ2n) is 4.70. The average molecular weight is 332 g/mol. The summed E-state index contributed by atoms with van der Waals surface area (Å²) in [5, 5.41) is 19.6. The average Bonchev–Trinajstić information content (AvgIpc) is 2.58. The quantitative estimate of drug-likeness (QED) is 0.486. The first-order valence-corrected chi connectivity index (χ1v) is 6.81. The normalized spacial score (nSPS) is 9.92. The molecular formula is C16H16N2O6. The Hall–Kier alpha value is -3.42. The van der Waals surface area contributed by atoms with Gasteiger partial charge in [-0.05, 0) is 24.3 Å². The van der Waals surface area contributed by atoms with E-state index in [2.05, 4.69) is 20.3 Å². The summed E-state index contributed by atoms with van der Waals surface area (Å²) in [6.07, 6.45) is 0. The Balaban J connectivity index is 2.08. The van der Waals surface area contributed by atoms with Gasteiger partial charge in [0.05, 0.1) is 25.6 Å². The summed E-state index contributed by atoms with van der Waals surface area (Å²) >= 11 is 0. The van der Waals surface area contributed by atoms with Gasteiger partial charge in [0, 0.05) is 12.1 Å². The zero-order valence-electron chi connectivity index (χ0n) is 13.0. The molecule has 0 fully saturated rings. The van der Waals surface area contributed by atoms with E-state index in [4.69, 9.17) is 0 Å². The van der Waals surface area contributed by atoms with E-state index in [9.17, 15) is 19.8 Å². The SMILES string of the molecule is COC(=O)c1ccc(NNc2ccc(C(=O)OC)c(O)c2)cc1O. The number of anilines is 2. The van der Waals surface area contributed by atoms with Gasteiger partial charge in [-0.1, -0.05) is 0 Å². The van der Waals surface area contributed by atoms with E-state index in [0.29, 0.717) is 11.4 Å². The summed E-state index contributed by atoms with van der Waals surface area (Å²) < 4.78 is 9.08. The van der Waals surface area contributed by atoms with Gasteiger partial charge in [-0.2, -0.15) is 0 Å². The third-order valence-electron chi connectivity index (χ3n) is 3.16.